The third-order valence-corrected chi connectivity index (χ3v) is 20.6. The second-order valence-electron chi connectivity index (χ2n) is 16.7. The molecule has 0 amide bonds. The van der Waals surface area contributed by atoms with Gasteiger partial charge in [0.25, 0.3) is 0 Å². The lowest BCUT2D eigenvalue weighted by Gasteiger charge is -2.45. The first-order valence-corrected chi connectivity index (χ1v) is 22.9. The highest BCUT2D eigenvalue weighted by atomic mass is 28.4. The number of hydrogen-bond acceptors (Lipinski definition) is 5. The van der Waals surface area contributed by atoms with Crippen molar-refractivity contribution in [2.75, 3.05) is 13.2 Å². The minimum atomic E-state index is -2.00. The molecule has 3 aliphatic rings. The largest absolute Gasteiger partial charge is 0.464 e. The molecule has 0 aromatic rings. The Bertz CT molecular complexity index is 1150. The van der Waals surface area contributed by atoms with Gasteiger partial charge in [0.15, 0.2) is 16.6 Å². The Labute approximate surface area is 272 Å². The molecule has 7 heteroatoms. The van der Waals surface area contributed by atoms with Crippen LogP contribution >= 0.6 is 0 Å². The van der Waals surface area contributed by atoms with Crippen LogP contribution < -0.4 is 0 Å². The van der Waals surface area contributed by atoms with Crippen molar-refractivity contribution >= 4 is 22.6 Å². The average Bonchev–Trinajstić information content (AvgIpc) is 3.24. The molecule has 5 atom stereocenters. The van der Waals surface area contributed by atoms with Gasteiger partial charge in [0.1, 0.15) is 6.61 Å². The number of esters is 1. The summed E-state index contributed by atoms with van der Waals surface area (Å²) in [6, 6.07) is 0. The summed E-state index contributed by atoms with van der Waals surface area (Å²) in [5, 5.41) is 0.281. The Morgan fingerprint density at radius 3 is 2.27 bits per heavy atom. The Kier molecular flexibility index (Phi) is 11.7. The van der Waals surface area contributed by atoms with Crippen molar-refractivity contribution in [3.63, 3.8) is 0 Å². The summed E-state index contributed by atoms with van der Waals surface area (Å²) in [6.45, 7) is 34.6. The molecule has 3 aliphatic carbocycles. The van der Waals surface area contributed by atoms with Gasteiger partial charge in [-0.3, -0.25) is 0 Å². The molecule has 0 aromatic heterocycles. The van der Waals surface area contributed by atoms with Gasteiger partial charge in [-0.15, -0.1) is 0 Å². The Morgan fingerprint density at radius 1 is 1.07 bits per heavy atom. The van der Waals surface area contributed by atoms with Crippen LogP contribution in [0.1, 0.15) is 101 Å². The van der Waals surface area contributed by atoms with Crippen LogP contribution in [0.15, 0.2) is 47.1 Å². The fourth-order valence-electron chi connectivity index (χ4n) is 6.73. The van der Waals surface area contributed by atoms with Gasteiger partial charge in [0.2, 0.25) is 0 Å². The van der Waals surface area contributed by atoms with E-state index in [1.807, 2.05) is 6.92 Å². The number of hydrogen-bond donors (Lipinski definition) is 0. The highest BCUT2D eigenvalue weighted by Crippen LogP contribution is 2.56. The first-order chi connectivity index (χ1) is 20.1. The first-order valence-electron chi connectivity index (χ1n) is 17.0. The van der Waals surface area contributed by atoms with E-state index >= 15 is 0 Å². The summed E-state index contributed by atoms with van der Waals surface area (Å²) in [4.78, 5) is 11.9. The van der Waals surface area contributed by atoms with Crippen LogP contribution in [0.4, 0.5) is 0 Å². The van der Waals surface area contributed by atoms with E-state index in [4.69, 9.17) is 18.3 Å². The number of ether oxygens (including phenoxy) is 2. The highest BCUT2D eigenvalue weighted by Gasteiger charge is 2.47. The predicted molar refractivity (Wildman–Crippen MR) is 189 cm³/mol. The number of fused-ring (bicyclic) bond motifs is 1. The molecule has 2 saturated carbocycles. The highest BCUT2D eigenvalue weighted by molar-refractivity contribution is 6.74. The van der Waals surface area contributed by atoms with Gasteiger partial charge in [-0.05, 0) is 110 Å². The fraction of sp³-hybridized carbons (Fsp3) is 0.757. The normalized spacial score (nSPS) is 29.5. The molecular weight excluding hydrogens is 581 g/mol. The van der Waals surface area contributed by atoms with Crippen molar-refractivity contribution in [2.24, 2.45) is 11.3 Å². The van der Waals surface area contributed by atoms with Crippen LogP contribution in [-0.2, 0) is 23.1 Å². The molecular formula is C37H64O5Si2. The van der Waals surface area contributed by atoms with Gasteiger partial charge in [0.05, 0.1) is 24.9 Å². The van der Waals surface area contributed by atoms with E-state index in [1.54, 1.807) is 0 Å². The zero-order valence-corrected chi connectivity index (χ0v) is 32.4. The lowest BCUT2D eigenvalue weighted by atomic mass is 9.63. The number of carbonyl (C=O) groups excluding carboxylic acids is 1. The minimum Gasteiger partial charge on any atom is -0.464 e. The van der Waals surface area contributed by atoms with E-state index in [-0.39, 0.29) is 46.4 Å². The smallest absolute Gasteiger partial charge is 0.332 e. The van der Waals surface area contributed by atoms with Crippen LogP contribution in [0.25, 0.3) is 0 Å². The minimum absolute atomic E-state index is 0.000226. The molecule has 0 spiro atoms. The molecule has 0 aromatic carbocycles. The molecule has 0 bridgehead atoms. The van der Waals surface area contributed by atoms with Crippen molar-refractivity contribution in [3.05, 3.63) is 47.1 Å². The Morgan fingerprint density at radius 2 is 1.68 bits per heavy atom. The fourth-order valence-corrected chi connectivity index (χ4v) is 9.40. The van der Waals surface area contributed by atoms with Gasteiger partial charge in [0, 0.05) is 6.42 Å². The molecule has 5 nitrogen and oxygen atoms in total. The van der Waals surface area contributed by atoms with Crippen LogP contribution in [0.3, 0.4) is 0 Å². The molecule has 0 heterocycles. The summed E-state index contributed by atoms with van der Waals surface area (Å²) in [7, 11) is -3.96. The third kappa shape index (κ3) is 8.36. The van der Waals surface area contributed by atoms with E-state index in [2.05, 4.69) is 106 Å². The standard InChI is InChI=1S/C37H64O5Si2/c1-15-39-34(38)25-40-27(3)31-20-21-32-28(17-16-22-37(31,32)10)18-19-29-23-30(41-43(11,12)35(4,5)6)24-33(26(29)2)42-44(13,14)36(7,8)9/h18-20,27,30,32-33H,2,15-17,21-25H2,1,3-14H3/t27-,30+,32-,33-,37+/m0/s1. The summed E-state index contributed by atoms with van der Waals surface area (Å²) >= 11 is 0. The molecule has 0 aliphatic heterocycles. The summed E-state index contributed by atoms with van der Waals surface area (Å²) < 4.78 is 25.2. The van der Waals surface area contributed by atoms with E-state index in [1.165, 1.54) is 16.7 Å². The summed E-state index contributed by atoms with van der Waals surface area (Å²) in [5.41, 5.74) is 5.30. The van der Waals surface area contributed by atoms with Crippen LogP contribution in [0.5, 0.6) is 0 Å². The Balaban J connectivity index is 1.87. The molecule has 2 fully saturated rings. The molecule has 0 unspecified atom stereocenters. The zero-order chi connectivity index (χ0) is 33.3. The second kappa shape index (κ2) is 13.8. The quantitative estimate of drug-likeness (QED) is 0.135. The first kappa shape index (κ1) is 37.2. The maximum Gasteiger partial charge on any atom is 0.332 e. The van der Waals surface area contributed by atoms with Gasteiger partial charge < -0.3 is 18.3 Å². The number of allylic oxidation sites excluding steroid dienone is 4. The molecule has 3 rings (SSSR count). The van der Waals surface area contributed by atoms with Gasteiger partial charge in [-0.1, -0.05) is 78.8 Å². The monoisotopic (exact) mass is 644 g/mol. The maximum absolute atomic E-state index is 11.9. The average molecular weight is 645 g/mol. The van der Waals surface area contributed by atoms with E-state index in [9.17, 15) is 4.79 Å². The van der Waals surface area contributed by atoms with E-state index < -0.39 is 16.6 Å². The summed E-state index contributed by atoms with van der Waals surface area (Å²) in [5.74, 6) is 0.155. The van der Waals surface area contributed by atoms with Gasteiger partial charge >= 0.3 is 5.97 Å². The Hall–Kier alpha value is -1.26. The lowest BCUT2D eigenvalue weighted by Crippen LogP contribution is -2.49. The molecule has 0 N–H and O–H groups in total. The molecule has 44 heavy (non-hydrogen) atoms. The number of rotatable bonds is 10. The summed E-state index contributed by atoms with van der Waals surface area (Å²) in [6.07, 6.45) is 13.3. The maximum atomic E-state index is 11.9. The van der Waals surface area contributed by atoms with Crippen molar-refractivity contribution < 1.29 is 23.1 Å². The predicted octanol–water partition coefficient (Wildman–Crippen LogP) is 10.1. The van der Waals surface area contributed by atoms with Crippen molar-refractivity contribution in [1.82, 2.24) is 0 Å². The second-order valence-corrected chi connectivity index (χ2v) is 26.3. The molecule has 0 radical (unpaired) electrons. The van der Waals surface area contributed by atoms with Crippen LogP contribution in [-0.4, -0.2) is 54.1 Å². The number of carbonyl (C=O) groups is 1. The molecule has 0 saturated heterocycles. The van der Waals surface area contributed by atoms with Crippen LogP contribution in [0, 0.1) is 11.3 Å². The van der Waals surface area contributed by atoms with Crippen molar-refractivity contribution in [2.45, 2.75) is 155 Å². The topological polar surface area (TPSA) is 54.0 Å². The van der Waals surface area contributed by atoms with Gasteiger partial charge in [-0.25, -0.2) is 4.79 Å². The van der Waals surface area contributed by atoms with Gasteiger partial charge in [-0.2, -0.15) is 0 Å². The van der Waals surface area contributed by atoms with Crippen molar-refractivity contribution in [1.29, 1.82) is 0 Å². The van der Waals surface area contributed by atoms with E-state index in [0.29, 0.717) is 12.5 Å². The SMILES string of the molecule is C=C1C(=CC=C2CCC[C@]3(C)C([C@H](C)OCC(=O)OCC)=CC[C@@H]23)C[C@@H](O[Si](C)(C)C(C)(C)C)C[C@@H]1O[Si](C)(C)C(C)(C)C. The van der Waals surface area contributed by atoms with Crippen LogP contribution in [0.2, 0.25) is 36.3 Å². The van der Waals surface area contributed by atoms with E-state index in [0.717, 1.165) is 44.1 Å². The van der Waals surface area contributed by atoms with Crippen molar-refractivity contribution in [3.8, 4) is 0 Å². The molecule has 250 valence electrons. The third-order valence-electron chi connectivity index (χ3n) is 11.5. The zero-order valence-electron chi connectivity index (χ0n) is 30.4. The lowest BCUT2D eigenvalue weighted by molar-refractivity contribution is -0.149.